The topological polar surface area (TPSA) is 55.6 Å². The van der Waals surface area contributed by atoms with Crippen LogP contribution in [0.1, 0.15) is 12.5 Å². The van der Waals surface area contributed by atoms with E-state index in [1.807, 2.05) is 11.8 Å². The van der Waals surface area contributed by atoms with Gasteiger partial charge in [0.15, 0.2) is 0 Å². The molecule has 0 spiro atoms. The van der Waals surface area contributed by atoms with E-state index in [1.165, 1.54) is 19.2 Å². The van der Waals surface area contributed by atoms with E-state index in [1.54, 1.807) is 6.07 Å². The number of carbonyl (C=O) groups excluding carboxylic acids is 1. The summed E-state index contributed by atoms with van der Waals surface area (Å²) in [5, 5.41) is 0. The average Bonchev–Trinajstić information content (AvgIpc) is 2.79. The average molecular weight is 296 g/mol. The van der Waals surface area contributed by atoms with Crippen LogP contribution in [0.3, 0.4) is 0 Å². The molecule has 108 valence electrons. The van der Waals surface area contributed by atoms with E-state index >= 15 is 0 Å². The van der Waals surface area contributed by atoms with Gasteiger partial charge in [0.1, 0.15) is 10.8 Å². The molecule has 0 aromatic heterocycles. The summed E-state index contributed by atoms with van der Waals surface area (Å²) < 4.78 is 18.1. The third kappa shape index (κ3) is 2.75. The Bertz CT molecular complexity index is 550. The molecule has 4 nitrogen and oxygen atoms in total. The molecule has 2 N–H and O–H groups in total. The van der Waals surface area contributed by atoms with E-state index in [-0.39, 0.29) is 28.6 Å². The van der Waals surface area contributed by atoms with Crippen LogP contribution < -0.4 is 10.6 Å². The zero-order valence-corrected chi connectivity index (χ0v) is 12.2. The lowest BCUT2D eigenvalue weighted by Crippen LogP contribution is -2.26. The molecule has 1 aliphatic heterocycles. The summed E-state index contributed by atoms with van der Waals surface area (Å²) >= 11 is 4.97. The van der Waals surface area contributed by atoms with Crippen molar-refractivity contribution in [3.63, 3.8) is 0 Å². The van der Waals surface area contributed by atoms with Crippen LogP contribution in [0.15, 0.2) is 18.2 Å². The van der Waals surface area contributed by atoms with Gasteiger partial charge in [0.2, 0.25) is 0 Å². The summed E-state index contributed by atoms with van der Waals surface area (Å²) in [6.07, 6.45) is 0. The van der Waals surface area contributed by atoms with Gasteiger partial charge in [-0.3, -0.25) is 4.79 Å². The fourth-order valence-electron chi connectivity index (χ4n) is 2.60. The molecule has 20 heavy (non-hydrogen) atoms. The van der Waals surface area contributed by atoms with Crippen molar-refractivity contribution in [1.29, 1.82) is 0 Å². The summed E-state index contributed by atoms with van der Waals surface area (Å²) in [7, 11) is 1.38. The Kier molecular flexibility index (Phi) is 4.23. The van der Waals surface area contributed by atoms with Crippen LogP contribution in [0.5, 0.6) is 0 Å². The maximum Gasteiger partial charge on any atom is 0.310 e. The predicted molar refractivity (Wildman–Crippen MR) is 79.2 cm³/mol. The molecule has 6 heteroatoms. The highest BCUT2D eigenvalue weighted by Gasteiger charge is 2.36. The molecule has 0 radical (unpaired) electrons. The van der Waals surface area contributed by atoms with Crippen molar-refractivity contribution in [2.75, 3.05) is 25.1 Å². The Hall–Kier alpha value is -1.69. The smallest absolute Gasteiger partial charge is 0.310 e. The SMILES string of the molecule is COC(=O)C1CN(c2ccc(F)cc2C(N)=S)CC1C. The third-order valence-corrected chi connectivity index (χ3v) is 3.90. The molecular weight excluding hydrogens is 279 g/mol. The van der Waals surface area contributed by atoms with Crippen LogP contribution in [0.25, 0.3) is 0 Å². The third-order valence-electron chi connectivity index (χ3n) is 3.68. The van der Waals surface area contributed by atoms with Gasteiger partial charge >= 0.3 is 5.97 Å². The van der Waals surface area contributed by atoms with Gasteiger partial charge in [-0.15, -0.1) is 0 Å². The van der Waals surface area contributed by atoms with Gasteiger partial charge in [-0.05, 0) is 24.1 Å². The minimum atomic E-state index is -0.381. The lowest BCUT2D eigenvalue weighted by molar-refractivity contribution is -0.145. The second kappa shape index (κ2) is 5.75. The lowest BCUT2D eigenvalue weighted by atomic mass is 9.99. The van der Waals surface area contributed by atoms with Crippen molar-refractivity contribution in [3.05, 3.63) is 29.6 Å². The number of nitrogens with zero attached hydrogens (tertiary/aromatic N) is 1. The first-order chi connectivity index (χ1) is 9.43. The first-order valence-corrected chi connectivity index (χ1v) is 6.77. The fourth-order valence-corrected chi connectivity index (χ4v) is 2.77. The number of anilines is 1. The molecule has 1 aliphatic rings. The highest BCUT2D eigenvalue weighted by Crippen LogP contribution is 2.31. The minimum absolute atomic E-state index is 0.147. The standard InChI is InChI=1S/C14H17FN2O2S/c1-8-6-17(7-11(8)14(18)19-2)12-4-3-9(15)5-10(12)13(16)20/h3-5,8,11H,6-7H2,1-2H3,(H2,16,20). The molecule has 1 aromatic carbocycles. The zero-order valence-electron chi connectivity index (χ0n) is 11.4. The molecule has 1 saturated heterocycles. The van der Waals surface area contributed by atoms with Crippen molar-refractivity contribution in [3.8, 4) is 0 Å². The van der Waals surface area contributed by atoms with Crippen LogP contribution in [0, 0.1) is 17.7 Å². The number of hydrogen-bond donors (Lipinski definition) is 1. The van der Waals surface area contributed by atoms with Crippen LogP contribution in [0.4, 0.5) is 10.1 Å². The Morgan fingerprint density at radius 3 is 2.80 bits per heavy atom. The summed E-state index contributed by atoms with van der Waals surface area (Å²) in [5.74, 6) is -0.636. The van der Waals surface area contributed by atoms with E-state index in [4.69, 9.17) is 22.7 Å². The van der Waals surface area contributed by atoms with Crippen molar-refractivity contribution in [2.45, 2.75) is 6.92 Å². The first-order valence-electron chi connectivity index (χ1n) is 6.36. The van der Waals surface area contributed by atoms with Gasteiger partial charge in [-0.2, -0.15) is 0 Å². The Balaban J connectivity index is 2.30. The number of rotatable bonds is 3. The molecule has 2 atom stereocenters. The van der Waals surface area contributed by atoms with Crippen molar-refractivity contribution in [1.82, 2.24) is 0 Å². The van der Waals surface area contributed by atoms with Crippen LogP contribution >= 0.6 is 12.2 Å². The summed E-state index contributed by atoms with van der Waals surface area (Å²) in [6.45, 7) is 3.20. The molecule has 0 saturated carbocycles. The molecule has 0 amide bonds. The Labute approximate surface area is 122 Å². The molecule has 2 rings (SSSR count). The largest absolute Gasteiger partial charge is 0.469 e. The molecule has 2 unspecified atom stereocenters. The van der Waals surface area contributed by atoms with E-state index < -0.39 is 0 Å². The molecule has 0 bridgehead atoms. The van der Waals surface area contributed by atoms with Gasteiger partial charge in [0.05, 0.1) is 13.0 Å². The minimum Gasteiger partial charge on any atom is -0.469 e. The normalized spacial score (nSPS) is 21.9. The maximum atomic E-state index is 13.3. The summed E-state index contributed by atoms with van der Waals surface area (Å²) in [5.41, 5.74) is 6.91. The number of benzene rings is 1. The number of methoxy groups -OCH3 is 1. The quantitative estimate of drug-likeness (QED) is 0.680. The summed E-state index contributed by atoms with van der Waals surface area (Å²) in [4.78, 5) is 13.9. The maximum absolute atomic E-state index is 13.3. The summed E-state index contributed by atoms with van der Waals surface area (Å²) in [6, 6.07) is 4.34. The van der Waals surface area contributed by atoms with Gasteiger partial charge in [0, 0.05) is 24.3 Å². The number of hydrogen-bond acceptors (Lipinski definition) is 4. The second-order valence-corrected chi connectivity index (χ2v) is 5.48. The monoisotopic (exact) mass is 296 g/mol. The highest BCUT2D eigenvalue weighted by atomic mass is 32.1. The van der Waals surface area contributed by atoms with E-state index in [0.717, 1.165) is 5.69 Å². The molecule has 1 heterocycles. The number of carbonyl (C=O) groups is 1. The fraction of sp³-hybridized carbons (Fsp3) is 0.429. The highest BCUT2D eigenvalue weighted by molar-refractivity contribution is 7.80. The lowest BCUT2D eigenvalue weighted by Gasteiger charge is -2.21. The van der Waals surface area contributed by atoms with Gasteiger partial charge < -0.3 is 15.4 Å². The number of ether oxygens (including phenoxy) is 1. The predicted octanol–water partition coefficient (Wildman–Crippen LogP) is 1.71. The zero-order chi connectivity index (χ0) is 14.9. The van der Waals surface area contributed by atoms with Crippen LogP contribution in [-0.4, -0.2) is 31.2 Å². The first kappa shape index (κ1) is 14.7. The molecule has 1 aromatic rings. The van der Waals surface area contributed by atoms with Crippen molar-refractivity contribution >= 4 is 28.9 Å². The second-order valence-electron chi connectivity index (χ2n) is 5.04. The number of halogens is 1. The molecule has 0 aliphatic carbocycles. The van der Waals surface area contributed by atoms with E-state index in [0.29, 0.717) is 18.7 Å². The van der Waals surface area contributed by atoms with Gasteiger partial charge in [0.25, 0.3) is 0 Å². The Morgan fingerprint density at radius 2 is 2.20 bits per heavy atom. The van der Waals surface area contributed by atoms with E-state index in [9.17, 15) is 9.18 Å². The van der Waals surface area contributed by atoms with Crippen molar-refractivity contribution in [2.24, 2.45) is 17.6 Å². The number of esters is 1. The van der Waals surface area contributed by atoms with Crippen molar-refractivity contribution < 1.29 is 13.9 Å². The Morgan fingerprint density at radius 1 is 1.50 bits per heavy atom. The molecular formula is C14H17FN2O2S. The molecule has 1 fully saturated rings. The van der Waals surface area contributed by atoms with Gasteiger partial charge in [-0.1, -0.05) is 19.1 Å². The van der Waals surface area contributed by atoms with Crippen LogP contribution in [-0.2, 0) is 9.53 Å². The van der Waals surface area contributed by atoms with Gasteiger partial charge in [-0.25, -0.2) is 4.39 Å². The van der Waals surface area contributed by atoms with E-state index in [2.05, 4.69) is 0 Å². The van der Waals surface area contributed by atoms with Crippen LogP contribution in [0.2, 0.25) is 0 Å². The number of nitrogens with two attached hydrogens (primary N) is 1. The number of thiocarbonyl (C=S) groups is 1.